The standard InChI is InChI=1S/C20H29N3O2/c24-20(12-16-6-8-21-9-7-16)22-10-11-23-18(13-22)14-25-15-19(23)17-4-2-1-3-5-17/h1-5,16,18-19,21H,6-15H2/t18-,19-/m1/s1. The molecule has 136 valence electrons. The van der Waals surface area contributed by atoms with Crippen LogP contribution in [0.4, 0.5) is 0 Å². The number of piperidine rings is 1. The topological polar surface area (TPSA) is 44.8 Å². The summed E-state index contributed by atoms with van der Waals surface area (Å²) in [4.78, 5) is 17.4. The van der Waals surface area contributed by atoms with Gasteiger partial charge < -0.3 is 15.0 Å². The highest BCUT2D eigenvalue weighted by molar-refractivity contribution is 5.76. The summed E-state index contributed by atoms with van der Waals surface area (Å²) < 4.78 is 5.90. The van der Waals surface area contributed by atoms with Crippen molar-refractivity contribution < 1.29 is 9.53 Å². The third-order valence-electron chi connectivity index (χ3n) is 5.97. The van der Waals surface area contributed by atoms with E-state index in [2.05, 4.69) is 45.4 Å². The summed E-state index contributed by atoms with van der Waals surface area (Å²) >= 11 is 0. The molecule has 1 aromatic carbocycles. The van der Waals surface area contributed by atoms with Crippen LogP contribution in [0.25, 0.3) is 0 Å². The lowest BCUT2D eigenvalue weighted by molar-refractivity contribution is -0.141. The number of benzene rings is 1. The number of nitrogens with zero attached hydrogens (tertiary/aromatic N) is 2. The second-order valence-corrected chi connectivity index (χ2v) is 7.59. The quantitative estimate of drug-likeness (QED) is 0.907. The number of rotatable bonds is 3. The molecule has 0 saturated carbocycles. The third-order valence-corrected chi connectivity index (χ3v) is 5.97. The number of piperazine rings is 1. The maximum atomic E-state index is 12.7. The number of ether oxygens (including phenoxy) is 1. The fraction of sp³-hybridized carbons (Fsp3) is 0.650. The number of hydrogen-bond donors (Lipinski definition) is 1. The molecule has 1 amide bonds. The molecule has 0 unspecified atom stereocenters. The van der Waals surface area contributed by atoms with Crippen LogP contribution >= 0.6 is 0 Å². The van der Waals surface area contributed by atoms with Gasteiger partial charge in [0.1, 0.15) is 0 Å². The van der Waals surface area contributed by atoms with Crippen LogP contribution in [0, 0.1) is 5.92 Å². The summed E-state index contributed by atoms with van der Waals surface area (Å²) in [6.07, 6.45) is 2.99. The van der Waals surface area contributed by atoms with Crippen LogP contribution in [-0.4, -0.2) is 67.7 Å². The van der Waals surface area contributed by atoms with Gasteiger partial charge >= 0.3 is 0 Å². The second kappa shape index (κ2) is 7.85. The van der Waals surface area contributed by atoms with Gasteiger partial charge in [0.15, 0.2) is 0 Å². The first-order chi connectivity index (χ1) is 12.3. The Labute approximate surface area is 150 Å². The van der Waals surface area contributed by atoms with E-state index in [0.29, 0.717) is 23.9 Å². The van der Waals surface area contributed by atoms with Crippen molar-refractivity contribution in [1.29, 1.82) is 0 Å². The summed E-state index contributed by atoms with van der Waals surface area (Å²) in [7, 11) is 0. The van der Waals surface area contributed by atoms with Crippen LogP contribution in [-0.2, 0) is 9.53 Å². The van der Waals surface area contributed by atoms with E-state index in [0.717, 1.165) is 65.2 Å². The van der Waals surface area contributed by atoms with E-state index in [4.69, 9.17) is 4.74 Å². The van der Waals surface area contributed by atoms with E-state index < -0.39 is 0 Å². The molecule has 3 heterocycles. The Bertz CT molecular complexity index is 574. The highest BCUT2D eigenvalue weighted by Gasteiger charge is 2.37. The zero-order chi connectivity index (χ0) is 17.1. The molecule has 1 aromatic rings. The number of fused-ring (bicyclic) bond motifs is 1. The molecular formula is C20H29N3O2. The lowest BCUT2D eigenvalue weighted by atomic mass is 9.93. The van der Waals surface area contributed by atoms with Crippen LogP contribution in [0.1, 0.15) is 30.9 Å². The Kier molecular flexibility index (Phi) is 5.34. The fourth-order valence-electron chi connectivity index (χ4n) is 4.49. The Morgan fingerprint density at radius 2 is 1.92 bits per heavy atom. The average Bonchev–Trinajstić information content (AvgIpc) is 2.68. The van der Waals surface area contributed by atoms with Crippen molar-refractivity contribution in [2.75, 3.05) is 45.9 Å². The molecule has 0 aromatic heterocycles. The van der Waals surface area contributed by atoms with Crippen LogP contribution in [0.2, 0.25) is 0 Å². The number of amides is 1. The van der Waals surface area contributed by atoms with Crippen molar-refractivity contribution in [3.05, 3.63) is 35.9 Å². The summed E-state index contributed by atoms with van der Waals surface area (Å²) in [5.41, 5.74) is 1.32. The van der Waals surface area contributed by atoms with Crippen molar-refractivity contribution in [2.45, 2.75) is 31.3 Å². The zero-order valence-electron chi connectivity index (χ0n) is 14.9. The minimum atomic E-state index is 0.321. The van der Waals surface area contributed by atoms with Gasteiger partial charge in [-0.05, 0) is 37.4 Å². The predicted molar refractivity (Wildman–Crippen MR) is 97.3 cm³/mol. The van der Waals surface area contributed by atoms with E-state index in [1.165, 1.54) is 5.56 Å². The Balaban J connectivity index is 1.37. The van der Waals surface area contributed by atoms with Crippen LogP contribution in [0.5, 0.6) is 0 Å². The molecule has 3 fully saturated rings. The molecule has 3 saturated heterocycles. The van der Waals surface area contributed by atoms with E-state index in [-0.39, 0.29) is 0 Å². The molecule has 3 aliphatic rings. The highest BCUT2D eigenvalue weighted by atomic mass is 16.5. The van der Waals surface area contributed by atoms with Crippen molar-refractivity contribution >= 4 is 5.91 Å². The van der Waals surface area contributed by atoms with Gasteiger partial charge in [-0.3, -0.25) is 9.69 Å². The number of morpholine rings is 1. The van der Waals surface area contributed by atoms with E-state index >= 15 is 0 Å². The Hall–Kier alpha value is -1.43. The summed E-state index contributed by atoms with van der Waals surface area (Å²) in [5.74, 6) is 0.903. The largest absolute Gasteiger partial charge is 0.378 e. The van der Waals surface area contributed by atoms with Crippen molar-refractivity contribution in [3.8, 4) is 0 Å². The van der Waals surface area contributed by atoms with Crippen molar-refractivity contribution in [2.24, 2.45) is 5.92 Å². The smallest absolute Gasteiger partial charge is 0.222 e. The minimum Gasteiger partial charge on any atom is -0.378 e. The number of nitrogens with one attached hydrogen (secondary N) is 1. The molecule has 1 N–H and O–H groups in total. The van der Waals surface area contributed by atoms with Gasteiger partial charge in [0.2, 0.25) is 5.91 Å². The molecule has 5 nitrogen and oxygen atoms in total. The maximum absolute atomic E-state index is 12.7. The molecule has 0 radical (unpaired) electrons. The normalized spacial score (nSPS) is 28.6. The van der Waals surface area contributed by atoms with E-state index in [1.807, 2.05) is 0 Å². The summed E-state index contributed by atoms with van der Waals surface area (Å²) in [5, 5.41) is 3.38. The lowest BCUT2D eigenvalue weighted by Crippen LogP contribution is -2.60. The maximum Gasteiger partial charge on any atom is 0.222 e. The van der Waals surface area contributed by atoms with E-state index in [9.17, 15) is 4.79 Å². The van der Waals surface area contributed by atoms with Crippen LogP contribution in [0.15, 0.2) is 30.3 Å². The number of carbonyl (C=O) groups is 1. The average molecular weight is 343 g/mol. The van der Waals surface area contributed by atoms with E-state index in [1.54, 1.807) is 0 Å². The lowest BCUT2D eigenvalue weighted by Gasteiger charge is -2.48. The molecule has 4 rings (SSSR count). The van der Waals surface area contributed by atoms with Crippen LogP contribution < -0.4 is 5.32 Å². The number of carbonyl (C=O) groups excluding carboxylic acids is 1. The first kappa shape index (κ1) is 17.0. The molecule has 3 aliphatic heterocycles. The minimum absolute atomic E-state index is 0.321. The zero-order valence-corrected chi connectivity index (χ0v) is 14.9. The van der Waals surface area contributed by atoms with Gasteiger partial charge in [-0.15, -0.1) is 0 Å². The van der Waals surface area contributed by atoms with Crippen molar-refractivity contribution in [3.63, 3.8) is 0 Å². The Morgan fingerprint density at radius 3 is 2.72 bits per heavy atom. The van der Waals surface area contributed by atoms with Gasteiger partial charge in [0, 0.05) is 26.1 Å². The van der Waals surface area contributed by atoms with Gasteiger partial charge in [0.25, 0.3) is 0 Å². The van der Waals surface area contributed by atoms with Gasteiger partial charge in [-0.25, -0.2) is 0 Å². The van der Waals surface area contributed by atoms with Crippen molar-refractivity contribution in [1.82, 2.24) is 15.1 Å². The monoisotopic (exact) mass is 343 g/mol. The van der Waals surface area contributed by atoms with Crippen LogP contribution in [0.3, 0.4) is 0 Å². The Morgan fingerprint density at radius 1 is 1.12 bits per heavy atom. The van der Waals surface area contributed by atoms with Gasteiger partial charge in [0.05, 0.1) is 25.3 Å². The predicted octanol–water partition coefficient (Wildman–Crippen LogP) is 1.66. The number of hydrogen-bond acceptors (Lipinski definition) is 4. The second-order valence-electron chi connectivity index (χ2n) is 7.59. The summed E-state index contributed by atoms with van der Waals surface area (Å²) in [6.45, 7) is 6.22. The fourth-order valence-corrected chi connectivity index (χ4v) is 4.49. The molecule has 0 bridgehead atoms. The molecular weight excluding hydrogens is 314 g/mol. The first-order valence-electron chi connectivity index (χ1n) is 9.68. The first-order valence-corrected chi connectivity index (χ1v) is 9.68. The van der Waals surface area contributed by atoms with Gasteiger partial charge in [-0.2, -0.15) is 0 Å². The molecule has 0 aliphatic carbocycles. The highest BCUT2D eigenvalue weighted by Crippen LogP contribution is 2.30. The molecule has 2 atom stereocenters. The molecule has 5 heteroatoms. The summed E-state index contributed by atoms with van der Waals surface area (Å²) in [6, 6.07) is 11.3. The van der Waals surface area contributed by atoms with Gasteiger partial charge in [-0.1, -0.05) is 30.3 Å². The molecule has 0 spiro atoms. The third kappa shape index (κ3) is 3.89. The molecule has 25 heavy (non-hydrogen) atoms. The SMILES string of the molecule is O=C(CC1CCNCC1)N1CCN2[C@@H](COC[C@@H]2c2ccccc2)C1.